The summed E-state index contributed by atoms with van der Waals surface area (Å²) < 4.78 is 0. The van der Waals surface area contributed by atoms with Crippen LogP contribution in [-0.4, -0.2) is 25.2 Å². The van der Waals surface area contributed by atoms with Crippen LogP contribution in [0.3, 0.4) is 0 Å². The summed E-state index contributed by atoms with van der Waals surface area (Å²) in [5.74, 6) is 0. The van der Waals surface area contributed by atoms with Crippen molar-refractivity contribution in [2.45, 2.75) is 51.2 Å². The van der Waals surface area contributed by atoms with Gasteiger partial charge in [-0.25, -0.2) is 0 Å². The molecule has 66 valence electrons. The third-order valence-electron chi connectivity index (χ3n) is 2.43. The van der Waals surface area contributed by atoms with E-state index in [1.807, 2.05) is 0 Å². The minimum atomic E-state index is 0.619. The highest BCUT2D eigenvalue weighted by Gasteiger charge is 2.25. The SMILES string of the molecule is CN[C@H]1CCC[C@@H]1NC(C)C. The first-order chi connectivity index (χ1) is 5.24. The molecule has 0 aliphatic heterocycles. The fourth-order valence-electron chi connectivity index (χ4n) is 1.93. The number of hydrogen-bond acceptors (Lipinski definition) is 2. The minimum absolute atomic E-state index is 0.619. The van der Waals surface area contributed by atoms with Crippen LogP contribution in [0.25, 0.3) is 0 Å². The Labute approximate surface area is 69.8 Å². The van der Waals surface area contributed by atoms with Crippen molar-refractivity contribution in [1.82, 2.24) is 10.6 Å². The fourth-order valence-corrected chi connectivity index (χ4v) is 1.93. The molecule has 11 heavy (non-hydrogen) atoms. The van der Waals surface area contributed by atoms with E-state index < -0.39 is 0 Å². The van der Waals surface area contributed by atoms with Crippen LogP contribution in [0.5, 0.6) is 0 Å². The van der Waals surface area contributed by atoms with Gasteiger partial charge in [0.05, 0.1) is 0 Å². The van der Waals surface area contributed by atoms with Crippen LogP contribution in [0.15, 0.2) is 0 Å². The first kappa shape index (κ1) is 9.01. The van der Waals surface area contributed by atoms with Crippen molar-refractivity contribution in [2.75, 3.05) is 7.05 Å². The van der Waals surface area contributed by atoms with E-state index in [2.05, 4.69) is 31.5 Å². The summed E-state index contributed by atoms with van der Waals surface area (Å²) in [6, 6.07) is 2.03. The Kier molecular flexibility index (Phi) is 3.34. The first-order valence-electron chi connectivity index (χ1n) is 4.67. The lowest BCUT2D eigenvalue weighted by molar-refractivity contribution is 0.401. The lowest BCUT2D eigenvalue weighted by atomic mass is 10.1. The second-order valence-corrected chi connectivity index (χ2v) is 3.75. The second kappa shape index (κ2) is 4.07. The smallest absolute Gasteiger partial charge is 0.0223 e. The molecule has 2 N–H and O–H groups in total. The Morgan fingerprint density at radius 3 is 2.36 bits per heavy atom. The summed E-state index contributed by atoms with van der Waals surface area (Å²) in [4.78, 5) is 0. The topological polar surface area (TPSA) is 24.1 Å². The summed E-state index contributed by atoms with van der Waals surface area (Å²) in [5.41, 5.74) is 0. The minimum Gasteiger partial charge on any atom is -0.315 e. The molecule has 1 saturated carbocycles. The van der Waals surface area contributed by atoms with E-state index in [1.54, 1.807) is 0 Å². The zero-order chi connectivity index (χ0) is 8.27. The quantitative estimate of drug-likeness (QED) is 0.640. The molecule has 1 aliphatic rings. The summed E-state index contributed by atoms with van der Waals surface area (Å²) in [7, 11) is 2.06. The van der Waals surface area contributed by atoms with Crippen molar-refractivity contribution in [3.63, 3.8) is 0 Å². The van der Waals surface area contributed by atoms with Gasteiger partial charge in [0.1, 0.15) is 0 Å². The normalized spacial score (nSPS) is 31.6. The first-order valence-corrected chi connectivity index (χ1v) is 4.67. The molecule has 0 amide bonds. The van der Waals surface area contributed by atoms with Gasteiger partial charge < -0.3 is 10.6 Å². The van der Waals surface area contributed by atoms with E-state index in [0.29, 0.717) is 18.1 Å². The summed E-state index contributed by atoms with van der Waals surface area (Å²) >= 11 is 0. The highest BCUT2D eigenvalue weighted by atomic mass is 15.0. The third-order valence-corrected chi connectivity index (χ3v) is 2.43. The predicted molar refractivity (Wildman–Crippen MR) is 48.8 cm³/mol. The standard InChI is InChI=1S/C9H20N2/c1-7(2)11-9-6-4-5-8(9)10-3/h7-11H,4-6H2,1-3H3/t8-,9-/m0/s1. The van der Waals surface area contributed by atoms with Crippen LogP contribution < -0.4 is 10.6 Å². The highest BCUT2D eigenvalue weighted by molar-refractivity contribution is 4.88. The molecule has 0 saturated heterocycles. The van der Waals surface area contributed by atoms with E-state index in [0.717, 1.165) is 0 Å². The lowest BCUT2D eigenvalue weighted by Crippen LogP contribution is -2.45. The van der Waals surface area contributed by atoms with E-state index in [1.165, 1.54) is 19.3 Å². The zero-order valence-corrected chi connectivity index (χ0v) is 7.85. The molecule has 0 heterocycles. The van der Waals surface area contributed by atoms with E-state index in [9.17, 15) is 0 Å². The largest absolute Gasteiger partial charge is 0.315 e. The van der Waals surface area contributed by atoms with Gasteiger partial charge >= 0.3 is 0 Å². The maximum absolute atomic E-state index is 3.58. The van der Waals surface area contributed by atoms with Crippen LogP contribution >= 0.6 is 0 Å². The fraction of sp³-hybridized carbons (Fsp3) is 1.00. The van der Waals surface area contributed by atoms with Crippen LogP contribution in [0.4, 0.5) is 0 Å². The summed E-state index contributed by atoms with van der Waals surface area (Å²) in [6.07, 6.45) is 4.04. The average Bonchev–Trinajstić information content (AvgIpc) is 2.34. The summed E-state index contributed by atoms with van der Waals surface area (Å²) in [5, 5.41) is 6.94. The van der Waals surface area contributed by atoms with Gasteiger partial charge in [-0.15, -0.1) is 0 Å². The molecule has 0 radical (unpaired) electrons. The van der Waals surface area contributed by atoms with E-state index in [-0.39, 0.29) is 0 Å². The van der Waals surface area contributed by atoms with Gasteiger partial charge in [0.2, 0.25) is 0 Å². The van der Waals surface area contributed by atoms with Gasteiger partial charge in [0.25, 0.3) is 0 Å². The van der Waals surface area contributed by atoms with Crippen molar-refractivity contribution in [2.24, 2.45) is 0 Å². The molecule has 0 bridgehead atoms. The van der Waals surface area contributed by atoms with Gasteiger partial charge in [-0.2, -0.15) is 0 Å². The van der Waals surface area contributed by atoms with Gasteiger partial charge in [-0.3, -0.25) is 0 Å². The van der Waals surface area contributed by atoms with Crippen LogP contribution in [0.1, 0.15) is 33.1 Å². The molecule has 1 aliphatic carbocycles. The Morgan fingerprint density at radius 1 is 1.18 bits per heavy atom. The molecule has 2 nitrogen and oxygen atoms in total. The zero-order valence-electron chi connectivity index (χ0n) is 7.85. The number of likely N-dealkylation sites (N-methyl/N-ethyl adjacent to an activating group) is 1. The Bertz CT molecular complexity index is 112. The molecule has 0 unspecified atom stereocenters. The molecule has 0 spiro atoms. The molecule has 0 aromatic carbocycles. The van der Waals surface area contributed by atoms with Gasteiger partial charge in [0.15, 0.2) is 0 Å². The van der Waals surface area contributed by atoms with Crippen LogP contribution in [-0.2, 0) is 0 Å². The number of rotatable bonds is 3. The maximum Gasteiger partial charge on any atom is 0.0223 e. The molecular weight excluding hydrogens is 136 g/mol. The van der Waals surface area contributed by atoms with Crippen molar-refractivity contribution in [1.29, 1.82) is 0 Å². The monoisotopic (exact) mass is 156 g/mol. The lowest BCUT2D eigenvalue weighted by Gasteiger charge is -2.22. The van der Waals surface area contributed by atoms with E-state index in [4.69, 9.17) is 0 Å². The molecular formula is C9H20N2. The average molecular weight is 156 g/mol. The van der Waals surface area contributed by atoms with Crippen molar-refractivity contribution >= 4 is 0 Å². The van der Waals surface area contributed by atoms with Gasteiger partial charge in [0, 0.05) is 18.1 Å². The molecule has 2 heteroatoms. The second-order valence-electron chi connectivity index (χ2n) is 3.75. The Morgan fingerprint density at radius 2 is 1.82 bits per heavy atom. The maximum atomic E-state index is 3.58. The van der Waals surface area contributed by atoms with Crippen molar-refractivity contribution < 1.29 is 0 Å². The molecule has 1 rings (SSSR count). The van der Waals surface area contributed by atoms with Crippen LogP contribution in [0.2, 0.25) is 0 Å². The molecule has 0 aromatic rings. The van der Waals surface area contributed by atoms with Crippen molar-refractivity contribution in [3.8, 4) is 0 Å². The molecule has 1 fully saturated rings. The highest BCUT2D eigenvalue weighted by Crippen LogP contribution is 2.18. The molecule has 0 aromatic heterocycles. The summed E-state index contributed by atoms with van der Waals surface area (Å²) in [6.45, 7) is 4.43. The van der Waals surface area contributed by atoms with Gasteiger partial charge in [-0.05, 0) is 19.9 Å². The number of nitrogens with one attached hydrogen (secondary N) is 2. The Balaban J connectivity index is 2.31. The van der Waals surface area contributed by atoms with Crippen molar-refractivity contribution in [3.05, 3.63) is 0 Å². The predicted octanol–water partition coefficient (Wildman–Crippen LogP) is 1.12. The van der Waals surface area contributed by atoms with E-state index >= 15 is 0 Å². The number of hydrogen-bond donors (Lipinski definition) is 2. The third kappa shape index (κ3) is 2.46. The molecule has 2 atom stereocenters. The van der Waals surface area contributed by atoms with Crippen LogP contribution in [0, 0.1) is 0 Å². The van der Waals surface area contributed by atoms with Gasteiger partial charge in [-0.1, -0.05) is 20.3 Å². The Hall–Kier alpha value is -0.0800.